The highest BCUT2D eigenvalue weighted by atomic mass is 35.5. The largest absolute Gasteiger partial charge is 0.419 e. The summed E-state index contributed by atoms with van der Waals surface area (Å²) in [5.74, 6) is -0.886. The van der Waals surface area contributed by atoms with Crippen LogP contribution in [0.3, 0.4) is 0 Å². The van der Waals surface area contributed by atoms with Crippen LogP contribution in [0.25, 0.3) is 0 Å². The van der Waals surface area contributed by atoms with E-state index in [0.717, 1.165) is 25.0 Å². The van der Waals surface area contributed by atoms with Crippen LogP contribution >= 0.6 is 12.4 Å². The number of hydrogen-bond acceptors (Lipinski definition) is 1. The van der Waals surface area contributed by atoms with Crippen LogP contribution in [0.15, 0.2) is 18.2 Å². The van der Waals surface area contributed by atoms with Gasteiger partial charge in [-0.15, -0.1) is 12.4 Å². The molecule has 0 heterocycles. The van der Waals surface area contributed by atoms with Crippen LogP contribution in [0.4, 0.5) is 17.6 Å². The molecule has 1 aromatic rings. The second-order valence-corrected chi connectivity index (χ2v) is 4.61. The van der Waals surface area contributed by atoms with E-state index in [2.05, 4.69) is 0 Å². The van der Waals surface area contributed by atoms with Crippen molar-refractivity contribution in [2.24, 2.45) is 11.7 Å². The Morgan fingerprint density at radius 3 is 2.33 bits per heavy atom. The van der Waals surface area contributed by atoms with Crippen molar-refractivity contribution in [3.8, 4) is 0 Å². The van der Waals surface area contributed by atoms with Gasteiger partial charge in [-0.3, -0.25) is 0 Å². The topological polar surface area (TPSA) is 26.0 Å². The van der Waals surface area contributed by atoms with Gasteiger partial charge in [-0.2, -0.15) is 13.2 Å². The summed E-state index contributed by atoms with van der Waals surface area (Å²) in [6.45, 7) is 0. The van der Waals surface area contributed by atoms with Gasteiger partial charge in [0, 0.05) is 6.04 Å². The fourth-order valence-corrected chi connectivity index (χ4v) is 2.20. The molecule has 6 heteroatoms. The summed E-state index contributed by atoms with van der Waals surface area (Å²) in [4.78, 5) is 0. The van der Waals surface area contributed by atoms with Crippen molar-refractivity contribution in [2.75, 3.05) is 0 Å². The molecule has 0 amide bonds. The van der Waals surface area contributed by atoms with E-state index in [9.17, 15) is 17.6 Å². The zero-order valence-electron chi connectivity index (χ0n) is 9.51. The summed E-state index contributed by atoms with van der Waals surface area (Å²) in [5, 5.41) is 0. The summed E-state index contributed by atoms with van der Waals surface area (Å²) in [5.41, 5.74) is 4.95. The lowest BCUT2D eigenvalue weighted by molar-refractivity contribution is -0.140. The van der Waals surface area contributed by atoms with Crippen LogP contribution in [0.2, 0.25) is 0 Å². The monoisotopic (exact) mass is 283 g/mol. The molecule has 1 nitrogen and oxygen atoms in total. The van der Waals surface area contributed by atoms with Gasteiger partial charge < -0.3 is 5.73 Å². The molecular weight excluding hydrogens is 270 g/mol. The first-order chi connectivity index (χ1) is 7.86. The first-order valence-electron chi connectivity index (χ1n) is 5.47. The molecule has 0 aromatic heterocycles. The van der Waals surface area contributed by atoms with Crippen LogP contribution in [0.1, 0.15) is 24.0 Å². The molecule has 0 saturated heterocycles. The first kappa shape index (κ1) is 15.2. The summed E-state index contributed by atoms with van der Waals surface area (Å²) in [6, 6.07) is 3.37. The summed E-state index contributed by atoms with van der Waals surface area (Å²) in [6.07, 6.45) is -2.43. The molecule has 102 valence electrons. The normalized spacial score (nSPS) is 23.2. The summed E-state index contributed by atoms with van der Waals surface area (Å²) in [7, 11) is 0. The van der Waals surface area contributed by atoms with Crippen LogP contribution in [-0.4, -0.2) is 6.04 Å². The lowest BCUT2D eigenvalue weighted by Crippen LogP contribution is -2.37. The van der Waals surface area contributed by atoms with E-state index >= 15 is 0 Å². The highest BCUT2D eigenvalue weighted by Crippen LogP contribution is 2.34. The Labute approximate surface area is 109 Å². The molecule has 1 aromatic carbocycles. The highest BCUT2D eigenvalue weighted by Gasteiger charge is 2.34. The quantitative estimate of drug-likeness (QED) is 0.826. The van der Waals surface area contributed by atoms with Crippen molar-refractivity contribution < 1.29 is 17.6 Å². The zero-order chi connectivity index (χ0) is 12.6. The molecule has 2 N–H and O–H groups in total. The van der Waals surface area contributed by atoms with Gasteiger partial charge in [0.15, 0.2) is 0 Å². The van der Waals surface area contributed by atoms with Crippen LogP contribution in [0.5, 0.6) is 0 Å². The maximum absolute atomic E-state index is 13.0. The standard InChI is InChI=1S/C12H13F4N.ClH/c13-11-2-1-7(3-8-4-9(17)5-8)6-10(11)12(14,15)16;/h1-2,6,8-9H,3-5,17H2;1H. The van der Waals surface area contributed by atoms with Crippen molar-refractivity contribution in [2.45, 2.75) is 31.5 Å². The van der Waals surface area contributed by atoms with Crippen molar-refractivity contribution in [3.63, 3.8) is 0 Å². The van der Waals surface area contributed by atoms with E-state index < -0.39 is 17.6 Å². The van der Waals surface area contributed by atoms with Gasteiger partial charge >= 0.3 is 6.18 Å². The lowest BCUT2D eigenvalue weighted by atomic mass is 9.77. The Morgan fingerprint density at radius 1 is 1.22 bits per heavy atom. The molecule has 18 heavy (non-hydrogen) atoms. The van der Waals surface area contributed by atoms with Crippen molar-refractivity contribution >= 4 is 12.4 Å². The second kappa shape index (κ2) is 5.45. The zero-order valence-corrected chi connectivity index (χ0v) is 10.3. The van der Waals surface area contributed by atoms with E-state index in [4.69, 9.17) is 5.73 Å². The Balaban J connectivity index is 0.00000162. The minimum Gasteiger partial charge on any atom is -0.328 e. The van der Waals surface area contributed by atoms with Gasteiger partial charge in [-0.25, -0.2) is 4.39 Å². The van der Waals surface area contributed by atoms with Crippen LogP contribution in [0, 0.1) is 11.7 Å². The van der Waals surface area contributed by atoms with Crippen LogP contribution < -0.4 is 5.73 Å². The maximum atomic E-state index is 13.0. The predicted octanol–water partition coefficient (Wildman–Crippen LogP) is 3.55. The molecule has 0 bridgehead atoms. The Bertz CT molecular complexity index is 413. The molecule has 1 aliphatic carbocycles. The SMILES string of the molecule is Cl.NC1CC(Cc2ccc(F)c(C(F)(F)F)c2)C1. The average Bonchev–Trinajstić information content (AvgIpc) is 2.16. The smallest absolute Gasteiger partial charge is 0.328 e. The highest BCUT2D eigenvalue weighted by molar-refractivity contribution is 5.85. The third-order valence-electron chi connectivity index (χ3n) is 3.13. The first-order valence-corrected chi connectivity index (χ1v) is 5.47. The molecule has 0 atom stereocenters. The number of alkyl halides is 3. The Hall–Kier alpha value is -0.810. The predicted molar refractivity (Wildman–Crippen MR) is 63.1 cm³/mol. The van der Waals surface area contributed by atoms with Gasteiger partial charge in [0.05, 0.1) is 5.56 Å². The third-order valence-corrected chi connectivity index (χ3v) is 3.13. The van der Waals surface area contributed by atoms with Gasteiger partial charge in [0.2, 0.25) is 0 Å². The van der Waals surface area contributed by atoms with E-state index in [1.165, 1.54) is 6.07 Å². The molecule has 1 fully saturated rings. The fraction of sp³-hybridized carbons (Fsp3) is 0.500. The number of rotatable bonds is 2. The fourth-order valence-electron chi connectivity index (χ4n) is 2.20. The molecule has 0 unspecified atom stereocenters. The van der Waals surface area contributed by atoms with Gasteiger partial charge in [-0.05, 0) is 42.9 Å². The van der Waals surface area contributed by atoms with Gasteiger partial charge in [0.1, 0.15) is 5.82 Å². The van der Waals surface area contributed by atoms with E-state index in [-0.39, 0.29) is 18.4 Å². The van der Waals surface area contributed by atoms with E-state index in [0.29, 0.717) is 17.9 Å². The molecule has 1 saturated carbocycles. The Kier molecular flexibility index (Phi) is 4.61. The Morgan fingerprint density at radius 2 is 1.83 bits per heavy atom. The van der Waals surface area contributed by atoms with Crippen LogP contribution in [-0.2, 0) is 12.6 Å². The second-order valence-electron chi connectivity index (χ2n) is 4.61. The lowest BCUT2D eigenvalue weighted by Gasteiger charge is -2.32. The minimum absolute atomic E-state index is 0. The molecular formula is C12H14ClF4N. The number of benzene rings is 1. The number of halogens is 5. The molecule has 0 spiro atoms. The molecule has 2 rings (SSSR count). The maximum Gasteiger partial charge on any atom is 0.419 e. The van der Waals surface area contributed by atoms with Crippen molar-refractivity contribution in [3.05, 3.63) is 35.1 Å². The number of nitrogens with two attached hydrogens (primary N) is 1. The van der Waals surface area contributed by atoms with Crippen molar-refractivity contribution in [1.82, 2.24) is 0 Å². The summed E-state index contributed by atoms with van der Waals surface area (Å²) >= 11 is 0. The minimum atomic E-state index is -4.63. The van der Waals surface area contributed by atoms with E-state index in [1.54, 1.807) is 0 Å². The van der Waals surface area contributed by atoms with E-state index in [1.807, 2.05) is 0 Å². The molecule has 1 aliphatic rings. The van der Waals surface area contributed by atoms with Gasteiger partial charge in [-0.1, -0.05) is 6.07 Å². The van der Waals surface area contributed by atoms with Gasteiger partial charge in [0.25, 0.3) is 0 Å². The molecule has 0 radical (unpaired) electrons. The number of hydrogen-bond donors (Lipinski definition) is 1. The average molecular weight is 284 g/mol. The molecule has 0 aliphatic heterocycles. The van der Waals surface area contributed by atoms with Crippen molar-refractivity contribution in [1.29, 1.82) is 0 Å². The third kappa shape index (κ3) is 3.36. The summed E-state index contributed by atoms with van der Waals surface area (Å²) < 4.78 is 50.4.